The normalized spacial score (nSPS) is 14.1. The van der Waals surface area contributed by atoms with Crippen molar-refractivity contribution in [2.75, 3.05) is 13.2 Å². The number of benzene rings is 2. The van der Waals surface area contributed by atoms with Crippen molar-refractivity contribution in [3.8, 4) is 5.75 Å². The first kappa shape index (κ1) is 14.2. The Balaban J connectivity index is 1.51. The van der Waals surface area contributed by atoms with Gasteiger partial charge in [-0.1, -0.05) is 48.5 Å². The molecule has 0 aliphatic heterocycles. The first-order chi connectivity index (χ1) is 10.4. The minimum absolute atomic E-state index is 0.783. The van der Waals surface area contributed by atoms with Gasteiger partial charge in [0, 0.05) is 12.5 Å². The lowest BCUT2D eigenvalue weighted by atomic mass is 10.0. The van der Waals surface area contributed by atoms with E-state index in [-0.39, 0.29) is 0 Å². The van der Waals surface area contributed by atoms with Crippen LogP contribution >= 0.6 is 0 Å². The van der Waals surface area contributed by atoms with E-state index in [0.29, 0.717) is 0 Å². The minimum atomic E-state index is 0.783. The van der Waals surface area contributed by atoms with Crippen molar-refractivity contribution in [1.82, 2.24) is 5.32 Å². The summed E-state index contributed by atoms with van der Waals surface area (Å²) in [6.45, 7) is 1.84. The number of hydrogen-bond donors (Lipinski definition) is 1. The van der Waals surface area contributed by atoms with Crippen LogP contribution in [0.1, 0.15) is 30.4 Å². The van der Waals surface area contributed by atoms with Crippen molar-refractivity contribution in [2.24, 2.45) is 0 Å². The molecule has 2 nitrogen and oxygen atoms in total. The third kappa shape index (κ3) is 4.61. The largest absolute Gasteiger partial charge is 0.493 e. The van der Waals surface area contributed by atoms with Gasteiger partial charge in [-0.3, -0.25) is 0 Å². The number of nitrogens with one attached hydrogen (secondary N) is 1. The van der Waals surface area contributed by atoms with Crippen molar-refractivity contribution in [3.63, 3.8) is 0 Å². The smallest absolute Gasteiger partial charge is 0.122 e. The predicted molar refractivity (Wildman–Crippen MR) is 86.8 cm³/mol. The molecule has 2 aromatic rings. The Labute approximate surface area is 127 Å². The molecule has 110 valence electrons. The number of rotatable bonds is 8. The molecule has 2 aromatic carbocycles. The van der Waals surface area contributed by atoms with E-state index in [1.807, 2.05) is 6.07 Å². The molecule has 0 saturated heterocycles. The summed E-state index contributed by atoms with van der Waals surface area (Å²) in [5, 5.41) is 3.52. The molecule has 1 N–H and O–H groups in total. The number of ether oxygens (including phenoxy) is 1. The monoisotopic (exact) mass is 281 g/mol. The summed E-state index contributed by atoms with van der Waals surface area (Å²) in [5.41, 5.74) is 2.59. The Kier molecular flexibility index (Phi) is 4.90. The van der Waals surface area contributed by atoms with Gasteiger partial charge in [-0.25, -0.2) is 0 Å². The zero-order chi connectivity index (χ0) is 14.3. The van der Waals surface area contributed by atoms with Crippen molar-refractivity contribution < 1.29 is 4.74 Å². The summed E-state index contributed by atoms with van der Waals surface area (Å²) >= 11 is 0. The van der Waals surface area contributed by atoms with E-state index < -0.39 is 0 Å². The van der Waals surface area contributed by atoms with Crippen LogP contribution in [0.2, 0.25) is 0 Å². The molecule has 0 radical (unpaired) electrons. The van der Waals surface area contributed by atoms with Crippen LogP contribution in [-0.2, 0) is 6.42 Å². The molecule has 0 amide bonds. The molecule has 0 unspecified atom stereocenters. The van der Waals surface area contributed by atoms with E-state index in [1.165, 1.54) is 24.0 Å². The highest BCUT2D eigenvalue weighted by Gasteiger charge is 2.19. The fraction of sp³-hybridized carbons (Fsp3) is 0.368. The van der Waals surface area contributed by atoms with E-state index in [2.05, 4.69) is 53.8 Å². The molecule has 0 aromatic heterocycles. The van der Waals surface area contributed by atoms with E-state index in [0.717, 1.165) is 37.8 Å². The van der Waals surface area contributed by atoms with Gasteiger partial charge in [-0.2, -0.15) is 0 Å². The van der Waals surface area contributed by atoms with Gasteiger partial charge in [0.2, 0.25) is 0 Å². The van der Waals surface area contributed by atoms with Crippen LogP contribution < -0.4 is 10.1 Å². The van der Waals surface area contributed by atoms with Crippen LogP contribution in [0.5, 0.6) is 5.75 Å². The summed E-state index contributed by atoms with van der Waals surface area (Å²) in [5.74, 6) is 1.02. The fourth-order valence-corrected chi connectivity index (χ4v) is 2.45. The lowest BCUT2D eigenvalue weighted by molar-refractivity contribution is 0.305. The first-order valence-corrected chi connectivity index (χ1v) is 7.90. The maximum absolute atomic E-state index is 5.97. The third-order valence-electron chi connectivity index (χ3n) is 3.80. The Bertz CT molecular complexity index is 549. The number of hydrogen-bond acceptors (Lipinski definition) is 2. The van der Waals surface area contributed by atoms with Gasteiger partial charge in [0.1, 0.15) is 5.75 Å². The summed E-state index contributed by atoms with van der Waals surface area (Å²) in [6, 6.07) is 19.7. The van der Waals surface area contributed by atoms with Crippen molar-refractivity contribution in [3.05, 3.63) is 65.7 Å². The van der Waals surface area contributed by atoms with E-state index in [1.54, 1.807) is 0 Å². The lowest BCUT2D eigenvalue weighted by Gasteiger charge is -2.12. The fourth-order valence-electron chi connectivity index (χ4n) is 2.45. The van der Waals surface area contributed by atoms with Gasteiger partial charge >= 0.3 is 0 Å². The average Bonchev–Trinajstić information content (AvgIpc) is 3.34. The van der Waals surface area contributed by atoms with Gasteiger partial charge in [0.05, 0.1) is 6.61 Å². The second-order valence-corrected chi connectivity index (χ2v) is 5.70. The lowest BCUT2D eigenvalue weighted by Crippen LogP contribution is -2.19. The quantitative estimate of drug-likeness (QED) is 0.743. The summed E-state index contributed by atoms with van der Waals surface area (Å²) in [4.78, 5) is 0. The maximum atomic E-state index is 5.97. The van der Waals surface area contributed by atoms with Crippen LogP contribution in [-0.4, -0.2) is 19.2 Å². The summed E-state index contributed by atoms with van der Waals surface area (Å²) < 4.78 is 5.97. The highest BCUT2D eigenvalue weighted by molar-refractivity contribution is 5.37. The van der Waals surface area contributed by atoms with Crippen LogP contribution in [0, 0.1) is 0 Å². The molecule has 0 spiro atoms. The van der Waals surface area contributed by atoms with Crippen LogP contribution in [0.25, 0.3) is 0 Å². The molecule has 3 rings (SSSR count). The maximum Gasteiger partial charge on any atom is 0.122 e. The Hall–Kier alpha value is -1.80. The highest BCUT2D eigenvalue weighted by atomic mass is 16.5. The zero-order valence-corrected chi connectivity index (χ0v) is 12.4. The summed E-state index contributed by atoms with van der Waals surface area (Å²) in [7, 11) is 0. The minimum Gasteiger partial charge on any atom is -0.493 e. The first-order valence-electron chi connectivity index (χ1n) is 7.90. The molecule has 2 heteroatoms. The Morgan fingerprint density at radius 2 is 1.71 bits per heavy atom. The molecular formula is C19H23NO. The van der Waals surface area contributed by atoms with Crippen molar-refractivity contribution in [1.29, 1.82) is 0 Å². The van der Waals surface area contributed by atoms with E-state index >= 15 is 0 Å². The third-order valence-corrected chi connectivity index (χ3v) is 3.80. The molecule has 0 atom stereocenters. The van der Waals surface area contributed by atoms with Crippen LogP contribution in [0.15, 0.2) is 54.6 Å². The Morgan fingerprint density at radius 3 is 2.52 bits per heavy atom. The standard InChI is InChI=1S/C19H23NO/c1-2-7-16(8-3-1)15-17-9-4-5-10-19(17)21-14-6-13-20-18-11-12-18/h1-5,7-10,18,20H,6,11-15H2. The van der Waals surface area contributed by atoms with Gasteiger partial charge in [0.25, 0.3) is 0 Å². The van der Waals surface area contributed by atoms with Crippen LogP contribution in [0.3, 0.4) is 0 Å². The van der Waals surface area contributed by atoms with E-state index in [4.69, 9.17) is 4.74 Å². The summed E-state index contributed by atoms with van der Waals surface area (Å²) in [6.07, 6.45) is 4.69. The molecule has 1 fully saturated rings. The second kappa shape index (κ2) is 7.28. The zero-order valence-electron chi connectivity index (χ0n) is 12.4. The average molecular weight is 281 g/mol. The van der Waals surface area contributed by atoms with Gasteiger partial charge in [-0.05, 0) is 43.0 Å². The topological polar surface area (TPSA) is 21.3 Å². The SMILES string of the molecule is c1ccc(Cc2ccccc2OCCCNC2CC2)cc1. The molecule has 0 heterocycles. The molecule has 1 saturated carbocycles. The second-order valence-electron chi connectivity index (χ2n) is 5.70. The van der Waals surface area contributed by atoms with Crippen molar-refractivity contribution >= 4 is 0 Å². The van der Waals surface area contributed by atoms with E-state index in [9.17, 15) is 0 Å². The number of para-hydroxylation sites is 1. The molecule has 21 heavy (non-hydrogen) atoms. The van der Waals surface area contributed by atoms with Gasteiger partial charge in [0.15, 0.2) is 0 Å². The molecule has 1 aliphatic rings. The molecular weight excluding hydrogens is 258 g/mol. The van der Waals surface area contributed by atoms with Crippen molar-refractivity contribution in [2.45, 2.75) is 31.7 Å². The van der Waals surface area contributed by atoms with Gasteiger partial charge in [-0.15, -0.1) is 0 Å². The molecule has 1 aliphatic carbocycles. The van der Waals surface area contributed by atoms with Crippen LogP contribution in [0.4, 0.5) is 0 Å². The highest BCUT2D eigenvalue weighted by Crippen LogP contribution is 2.22. The Morgan fingerprint density at radius 1 is 0.952 bits per heavy atom. The molecule has 0 bridgehead atoms. The van der Waals surface area contributed by atoms with Gasteiger partial charge < -0.3 is 10.1 Å². The predicted octanol–water partition coefficient (Wildman–Crippen LogP) is 3.80.